The number of phenolic OH excluding ortho intramolecular Hbond substituents is 1. The molecule has 0 amide bonds. The first-order chi connectivity index (χ1) is 21.7. The minimum atomic E-state index is -5.18. The van der Waals surface area contributed by atoms with Crippen molar-refractivity contribution in [1.82, 2.24) is 0 Å². The molecular formula is C24H15CuN4Na3O15S4. The molecule has 0 spiro atoms. The van der Waals surface area contributed by atoms with E-state index in [4.69, 9.17) is 0 Å². The van der Waals surface area contributed by atoms with Crippen molar-refractivity contribution in [3.63, 3.8) is 0 Å². The summed E-state index contributed by atoms with van der Waals surface area (Å²) in [6.45, 7) is -1.03. The van der Waals surface area contributed by atoms with E-state index in [1.807, 2.05) is 0 Å². The third-order valence-electron chi connectivity index (χ3n) is 5.93. The van der Waals surface area contributed by atoms with Gasteiger partial charge in [0.05, 0.1) is 44.1 Å². The van der Waals surface area contributed by atoms with E-state index in [0.717, 1.165) is 42.5 Å². The summed E-state index contributed by atoms with van der Waals surface area (Å²) in [4.78, 5) is -2.29. The van der Waals surface area contributed by atoms with E-state index in [2.05, 4.69) is 24.6 Å². The molecule has 0 aliphatic rings. The molecule has 0 heterocycles. The van der Waals surface area contributed by atoms with Crippen LogP contribution in [-0.4, -0.2) is 64.8 Å². The predicted molar refractivity (Wildman–Crippen MR) is 149 cm³/mol. The van der Waals surface area contributed by atoms with Crippen molar-refractivity contribution in [3.05, 3.63) is 60.7 Å². The first kappa shape index (κ1) is 49.9. The molecule has 19 nitrogen and oxygen atoms in total. The Morgan fingerprint density at radius 2 is 1.25 bits per heavy atom. The van der Waals surface area contributed by atoms with Crippen LogP contribution in [0.3, 0.4) is 0 Å². The van der Waals surface area contributed by atoms with Crippen molar-refractivity contribution in [3.8, 4) is 17.2 Å². The number of rotatable bonds is 11. The minimum Gasteiger partial charge on any atom is -0.871 e. The smallest absolute Gasteiger partial charge is 0.871 e. The zero-order valence-corrected chi connectivity index (χ0v) is 36.3. The van der Waals surface area contributed by atoms with E-state index < -0.39 is 113 Å². The Kier molecular flexibility index (Phi) is 19.1. The topological polar surface area (TPSA) is 331 Å². The van der Waals surface area contributed by atoms with Crippen LogP contribution < -0.4 is 98.9 Å². The summed E-state index contributed by atoms with van der Waals surface area (Å²) in [6, 6.07) is 8.70. The van der Waals surface area contributed by atoms with E-state index in [1.54, 1.807) is 0 Å². The Labute approximate surface area is 367 Å². The predicted octanol–water partition coefficient (Wildman–Crippen LogP) is -7.41. The molecule has 27 heteroatoms. The maximum atomic E-state index is 13.0. The zero-order chi connectivity index (χ0) is 34.9. The van der Waals surface area contributed by atoms with Crippen LogP contribution in [-0.2, 0) is 61.7 Å². The molecule has 1 N–H and O–H groups in total. The molecule has 0 atom stereocenters. The van der Waals surface area contributed by atoms with Gasteiger partial charge in [-0.1, -0.05) is 23.9 Å². The van der Waals surface area contributed by atoms with Crippen molar-refractivity contribution in [1.29, 1.82) is 0 Å². The van der Waals surface area contributed by atoms with Gasteiger partial charge in [-0.15, -0.1) is 10.2 Å². The standard InChI is InChI=1S/C24H20N4O15S4.Cu.3Na/c29-19-6-4-14(44(32,33)9-8-43-47(40,41)42)11-17(19)26-28-23-20(30)7-5-16(24(23)31)25-27-18-12-15(45(34,35)36)10-13-2-1-3-21(22(13)18)46(37,38)39;;;;/h1-7,10-12,29-31H,8-9H2,(H,34,35,36)(H,37,38,39)(H,40,41,42);;;;/q;+2;3*+1/p-5. The second-order valence-corrected chi connectivity index (χ2v) is 15.0. The number of hydrogen-bond acceptors (Lipinski definition) is 19. The molecule has 51 heavy (non-hydrogen) atoms. The average molecular weight is 860 g/mol. The van der Waals surface area contributed by atoms with Gasteiger partial charge in [-0.3, -0.25) is 4.18 Å². The number of sulfone groups is 1. The van der Waals surface area contributed by atoms with Crippen LogP contribution in [0.1, 0.15) is 0 Å². The number of azo groups is 2. The largest absolute Gasteiger partial charge is 2.00 e. The second-order valence-electron chi connectivity index (χ2n) is 9.07. The fourth-order valence-corrected chi connectivity index (χ4v) is 6.59. The van der Waals surface area contributed by atoms with Gasteiger partial charge in [0, 0.05) is 5.39 Å². The molecule has 4 rings (SSSR count). The van der Waals surface area contributed by atoms with Crippen LogP contribution in [0.4, 0.5) is 22.7 Å². The number of nitrogens with zero attached hydrogens (tertiary/aromatic N) is 4. The van der Waals surface area contributed by atoms with Gasteiger partial charge < -0.3 is 29.0 Å². The van der Waals surface area contributed by atoms with Gasteiger partial charge in [-0.05, 0) is 53.6 Å². The molecule has 0 aliphatic carbocycles. The Hall–Kier alpha value is -1.10. The molecule has 4 aromatic carbocycles. The van der Waals surface area contributed by atoms with Crippen molar-refractivity contribution in [2.45, 2.75) is 14.7 Å². The van der Waals surface area contributed by atoms with Gasteiger partial charge in [0.15, 0.2) is 9.84 Å². The average Bonchev–Trinajstić information content (AvgIpc) is 2.95. The Morgan fingerprint density at radius 1 is 0.667 bits per heavy atom. The van der Waals surface area contributed by atoms with Crippen molar-refractivity contribution in [2.24, 2.45) is 20.5 Å². The normalized spacial score (nSPS) is 12.1. The van der Waals surface area contributed by atoms with Crippen molar-refractivity contribution >= 4 is 74.0 Å². The van der Waals surface area contributed by atoms with Crippen LogP contribution in [0.2, 0.25) is 0 Å². The van der Waals surface area contributed by atoms with Crippen LogP contribution in [0.5, 0.6) is 17.2 Å². The number of phenols is 1. The molecule has 0 unspecified atom stereocenters. The summed E-state index contributed by atoms with van der Waals surface area (Å²) < 4.78 is 131. The first-order valence-electron chi connectivity index (χ1n) is 12.2. The van der Waals surface area contributed by atoms with Crippen molar-refractivity contribution in [2.75, 3.05) is 12.4 Å². The zero-order valence-electron chi connectivity index (χ0n) is 26.1. The molecule has 0 aliphatic heterocycles. The number of aromatic hydroxyl groups is 1. The molecule has 0 saturated carbocycles. The molecule has 259 valence electrons. The van der Waals surface area contributed by atoms with Gasteiger partial charge in [-0.25, -0.2) is 33.7 Å². The van der Waals surface area contributed by atoms with Gasteiger partial charge in [0.2, 0.25) is 10.4 Å². The fourth-order valence-electron chi connectivity index (χ4n) is 3.85. The molecular weight excluding hydrogens is 845 g/mol. The number of hydrogen-bond donors (Lipinski definition) is 1. The summed E-state index contributed by atoms with van der Waals surface area (Å²) in [5.74, 6) is -3.91. The van der Waals surface area contributed by atoms with E-state index >= 15 is 0 Å². The van der Waals surface area contributed by atoms with E-state index in [0.29, 0.717) is 12.1 Å². The van der Waals surface area contributed by atoms with Crippen molar-refractivity contribution < 1.29 is 173 Å². The quantitative estimate of drug-likeness (QED) is 0.0634. The van der Waals surface area contributed by atoms with Gasteiger partial charge >= 0.3 is 106 Å². The summed E-state index contributed by atoms with van der Waals surface area (Å²) in [5.41, 5.74) is -2.76. The fraction of sp³-hybridized carbons (Fsp3) is 0.0833. The third-order valence-corrected chi connectivity index (χ3v) is 9.75. The Bertz CT molecular complexity index is 2440. The molecule has 0 saturated heterocycles. The number of fused-ring (bicyclic) bond motifs is 1. The van der Waals surface area contributed by atoms with E-state index in [1.165, 1.54) is 6.07 Å². The molecule has 0 fully saturated rings. The summed E-state index contributed by atoms with van der Waals surface area (Å²) >= 11 is 0. The van der Waals surface area contributed by atoms with Crippen LogP contribution in [0.15, 0.2) is 95.8 Å². The van der Waals surface area contributed by atoms with Crippen LogP contribution in [0.25, 0.3) is 10.8 Å². The van der Waals surface area contributed by atoms with Gasteiger partial charge in [0.25, 0.3) is 0 Å². The maximum Gasteiger partial charge on any atom is 2.00 e. The van der Waals surface area contributed by atoms with E-state index in [9.17, 15) is 62.6 Å². The Balaban J connectivity index is 0.00000625. The minimum absolute atomic E-state index is 0. The Morgan fingerprint density at radius 3 is 1.84 bits per heavy atom. The molecule has 1 radical (unpaired) electrons. The molecule has 0 bridgehead atoms. The molecule has 0 aromatic heterocycles. The van der Waals surface area contributed by atoms with Gasteiger partial charge in [0.1, 0.15) is 31.7 Å². The monoisotopic (exact) mass is 859 g/mol. The summed E-state index contributed by atoms with van der Waals surface area (Å²) in [6.07, 6.45) is 0. The SMILES string of the molecule is O=S(=O)([O-])OCCS(=O)(=O)c1ccc([O-])c(N=Nc2c(O)ccc(N=Nc3cc(S(=O)(=O)[O-])cc4cccc(S(=O)(=O)[O-])c34)c2[O-])c1.[Cu+2].[Na+].[Na+].[Na+]. The summed E-state index contributed by atoms with van der Waals surface area (Å²) in [7, 11) is -19.8. The number of benzene rings is 4. The van der Waals surface area contributed by atoms with Crippen LogP contribution in [0, 0.1) is 0 Å². The molecule has 4 aromatic rings. The third kappa shape index (κ3) is 13.0. The maximum absolute atomic E-state index is 13.0. The first-order valence-corrected chi connectivity index (χ1v) is 18.0. The van der Waals surface area contributed by atoms with Gasteiger partial charge in [-0.2, -0.15) is 10.2 Å². The summed E-state index contributed by atoms with van der Waals surface area (Å²) in [5, 5.41) is 49.2. The van der Waals surface area contributed by atoms with Crippen LogP contribution >= 0.6 is 0 Å². The second kappa shape index (κ2) is 19.5. The van der Waals surface area contributed by atoms with E-state index in [-0.39, 0.29) is 111 Å².